The van der Waals surface area contributed by atoms with E-state index in [0.717, 1.165) is 10.8 Å². The van der Waals surface area contributed by atoms with Gasteiger partial charge in [-0.3, -0.25) is 0 Å². The molecule has 0 spiro atoms. The van der Waals surface area contributed by atoms with Crippen molar-refractivity contribution >= 4 is 16.6 Å². The number of nitrogens with one attached hydrogen (secondary N) is 1. The third-order valence-electron chi connectivity index (χ3n) is 1.96. The summed E-state index contributed by atoms with van der Waals surface area (Å²) in [5, 5.41) is 4.72. The van der Waals surface area contributed by atoms with E-state index in [1.807, 2.05) is 6.07 Å². The summed E-state index contributed by atoms with van der Waals surface area (Å²) < 4.78 is 12.9. The van der Waals surface area contributed by atoms with Crippen LogP contribution < -0.4 is 5.32 Å². The first-order valence-electron chi connectivity index (χ1n) is 4.03. The van der Waals surface area contributed by atoms with E-state index in [9.17, 15) is 4.39 Å². The molecule has 0 aliphatic heterocycles. The Kier molecular flexibility index (Phi) is 1.85. The summed E-state index contributed by atoms with van der Waals surface area (Å²) in [7, 11) is 1.77. The lowest BCUT2D eigenvalue weighted by molar-refractivity contribution is 0.629. The van der Waals surface area contributed by atoms with Crippen LogP contribution in [0.25, 0.3) is 10.8 Å². The number of rotatable bonds is 1. The van der Waals surface area contributed by atoms with E-state index in [1.165, 1.54) is 12.1 Å². The first-order valence-corrected chi connectivity index (χ1v) is 4.03. The second-order valence-electron chi connectivity index (χ2n) is 2.78. The van der Waals surface area contributed by atoms with Crippen molar-refractivity contribution in [3.63, 3.8) is 0 Å². The summed E-state index contributed by atoms with van der Waals surface area (Å²) in [6.45, 7) is 0. The minimum atomic E-state index is -0.239. The lowest BCUT2D eigenvalue weighted by atomic mass is 10.1. The lowest BCUT2D eigenvalue weighted by Gasteiger charge is -2.03. The molecule has 13 heavy (non-hydrogen) atoms. The maximum atomic E-state index is 12.9. The van der Waals surface area contributed by atoms with Crippen LogP contribution in [0.5, 0.6) is 0 Å². The minimum absolute atomic E-state index is 0.239. The number of hydrogen-bond donors (Lipinski definition) is 1. The number of halogens is 1. The standard InChI is InChI=1S/C10H9FN2/c1-12-10-9-6-8(11)3-2-7(9)4-5-13-10/h2-6H,1H3,(H,12,13). The Hall–Kier alpha value is -1.64. The van der Waals surface area contributed by atoms with Crippen LogP contribution in [0, 0.1) is 5.82 Å². The van der Waals surface area contributed by atoms with Crippen LogP contribution in [0.15, 0.2) is 30.5 Å². The van der Waals surface area contributed by atoms with Crippen molar-refractivity contribution in [1.82, 2.24) is 4.98 Å². The molecule has 0 aliphatic carbocycles. The van der Waals surface area contributed by atoms with Gasteiger partial charge >= 0.3 is 0 Å². The third kappa shape index (κ3) is 1.33. The molecule has 2 nitrogen and oxygen atoms in total. The van der Waals surface area contributed by atoms with Gasteiger partial charge in [-0.1, -0.05) is 6.07 Å². The van der Waals surface area contributed by atoms with E-state index in [4.69, 9.17) is 0 Å². The van der Waals surface area contributed by atoms with Gasteiger partial charge in [0, 0.05) is 18.6 Å². The molecule has 1 heterocycles. The smallest absolute Gasteiger partial charge is 0.133 e. The Morgan fingerprint density at radius 3 is 2.92 bits per heavy atom. The fourth-order valence-electron chi connectivity index (χ4n) is 1.34. The second kappa shape index (κ2) is 3.01. The molecule has 0 amide bonds. The second-order valence-corrected chi connectivity index (χ2v) is 2.78. The summed E-state index contributed by atoms with van der Waals surface area (Å²) in [5.41, 5.74) is 0. The molecule has 0 radical (unpaired) electrons. The Morgan fingerprint density at radius 2 is 2.15 bits per heavy atom. The van der Waals surface area contributed by atoms with Crippen LogP contribution in [0.3, 0.4) is 0 Å². The molecule has 0 saturated heterocycles. The van der Waals surface area contributed by atoms with E-state index >= 15 is 0 Å². The highest BCUT2D eigenvalue weighted by molar-refractivity contribution is 5.91. The first kappa shape index (κ1) is 7.98. The molecule has 0 aliphatic rings. The highest BCUT2D eigenvalue weighted by Gasteiger charge is 2.00. The van der Waals surface area contributed by atoms with Crippen LogP contribution in [0.1, 0.15) is 0 Å². The van der Waals surface area contributed by atoms with Crippen molar-refractivity contribution in [2.45, 2.75) is 0 Å². The third-order valence-corrected chi connectivity index (χ3v) is 1.96. The molecule has 0 atom stereocenters. The molecule has 1 N–H and O–H groups in total. The average molecular weight is 176 g/mol. The minimum Gasteiger partial charge on any atom is -0.373 e. The van der Waals surface area contributed by atoms with E-state index in [2.05, 4.69) is 10.3 Å². The van der Waals surface area contributed by atoms with Gasteiger partial charge in [-0.05, 0) is 23.6 Å². The van der Waals surface area contributed by atoms with Gasteiger partial charge in [-0.2, -0.15) is 0 Å². The maximum Gasteiger partial charge on any atom is 0.133 e. The van der Waals surface area contributed by atoms with E-state index in [0.29, 0.717) is 5.82 Å². The average Bonchev–Trinajstić information content (AvgIpc) is 2.17. The molecule has 0 saturated carbocycles. The van der Waals surface area contributed by atoms with Crippen molar-refractivity contribution in [3.8, 4) is 0 Å². The topological polar surface area (TPSA) is 24.9 Å². The summed E-state index contributed by atoms with van der Waals surface area (Å²) >= 11 is 0. The van der Waals surface area contributed by atoms with Crippen LogP contribution in [0.2, 0.25) is 0 Å². The van der Waals surface area contributed by atoms with Gasteiger partial charge < -0.3 is 5.32 Å². The molecule has 2 rings (SSSR count). The van der Waals surface area contributed by atoms with Crippen molar-refractivity contribution < 1.29 is 4.39 Å². The molecule has 0 unspecified atom stereocenters. The van der Waals surface area contributed by atoms with Crippen LogP contribution >= 0.6 is 0 Å². The molecule has 1 aromatic heterocycles. The predicted molar refractivity (Wildman–Crippen MR) is 51.2 cm³/mol. The quantitative estimate of drug-likeness (QED) is 0.721. The number of aromatic nitrogens is 1. The van der Waals surface area contributed by atoms with Crippen molar-refractivity contribution in [2.75, 3.05) is 12.4 Å². The highest BCUT2D eigenvalue weighted by atomic mass is 19.1. The summed E-state index contributed by atoms with van der Waals surface area (Å²) in [6.07, 6.45) is 1.70. The summed E-state index contributed by atoms with van der Waals surface area (Å²) in [4.78, 5) is 4.09. The monoisotopic (exact) mass is 176 g/mol. The zero-order valence-corrected chi connectivity index (χ0v) is 7.21. The van der Waals surface area contributed by atoms with Gasteiger partial charge in [-0.25, -0.2) is 9.37 Å². The van der Waals surface area contributed by atoms with Crippen molar-refractivity contribution in [1.29, 1.82) is 0 Å². The Labute approximate surface area is 75.4 Å². The number of anilines is 1. The van der Waals surface area contributed by atoms with E-state index in [-0.39, 0.29) is 5.82 Å². The number of hydrogen-bond acceptors (Lipinski definition) is 2. The largest absolute Gasteiger partial charge is 0.373 e. The summed E-state index contributed by atoms with van der Waals surface area (Å²) in [5.74, 6) is 0.467. The van der Waals surface area contributed by atoms with Crippen LogP contribution in [-0.4, -0.2) is 12.0 Å². The zero-order valence-electron chi connectivity index (χ0n) is 7.21. The van der Waals surface area contributed by atoms with Crippen molar-refractivity contribution in [3.05, 3.63) is 36.3 Å². The summed E-state index contributed by atoms with van der Waals surface area (Å²) in [6, 6.07) is 6.53. The highest BCUT2D eigenvalue weighted by Crippen LogP contribution is 2.20. The fraction of sp³-hybridized carbons (Fsp3) is 0.100. The fourth-order valence-corrected chi connectivity index (χ4v) is 1.34. The van der Waals surface area contributed by atoms with Crippen LogP contribution in [-0.2, 0) is 0 Å². The van der Waals surface area contributed by atoms with E-state index < -0.39 is 0 Å². The number of pyridine rings is 1. The molecule has 2 aromatic rings. The zero-order chi connectivity index (χ0) is 9.26. The molecule has 66 valence electrons. The van der Waals surface area contributed by atoms with E-state index in [1.54, 1.807) is 19.3 Å². The van der Waals surface area contributed by atoms with Gasteiger partial charge in [0.15, 0.2) is 0 Å². The van der Waals surface area contributed by atoms with Gasteiger partial charge in [0.2, 0.25) is 0 Å². The van der Waals surface area contributed by atoms with Gasteiger partial charge in [0.05, 0.1) is 0 Å². The van der Waals surface area contributed by atoms with Gasteiger partial charge in [-0.15, -0.1) is 0 Å². The Morgan fingerprint density at radius 1 is 1.31 bits per heavy atom. The maximum absolute atomic E-state index is 12.9. The molecule has 0 fully saturated rings. The molecule has 3 heteroatoms. The Balaban J connectivity index is 2.79. The first-order chi connectivity index (χ1) is 6.31. The molecule has 1 aromatic carbocycles. The van der Waals surface area contributed by atoms with Crippen LogP contribution in [0.4, 0.5) is 10.2 Å². The lowest BCUT2D eigenvalue weighted by Crippen LogP contribution is -1.92. The van der Waals surface area contributed by atoms with Gasteiger partial charge in [0.1, 0.15) is 11.6 Å². The molecular formula is C10H9FN2. The normalized spacial score (nSPS) is 10.3. The number of fused-ring (bicyclic) bond motifs is 1. The number of benzene rings is 1. The number of nitrogens with zero attached hydrogens (tertiary/aromatic N) is 1. The van der Waals surface area contributed by atoms with Gasteiger partial charge in [0.25, 0.3) is 0 Å². The van der Waals surface area contributed by atoms with Crippen molar-refractivity contribution in [2.24, 2.45) is 0 Å². The predicted octanol–water partition coefficient (Wildman–Crippen LogP) is 2.42. The molecular weight excluding hydrogens is 167 g/mol. The SMILES string of the molecule is CNc1nccc2ccc(F)cc12. The Bertz CT molecular complexity index is 440. The molecule has 0 bridgehead atoms.